The number of halogens is 1. The van der Waals surface area contributed by atoms with E-state index in [1.807, 2.05) is 18.2 Å². The van der Waals surface area contributed by atoms with Crippen molar-refractivity contribution in [3.63, 3.8) is 0 Å². The molecule has 0 unspecified atom stereocenters. The lowest BCUT2D eigenvalue weighted by molar-refractivity contribution is -0.121. The quantitative estimate of drug-likeness (QED) is 0.928. The smallest absolute Gasteiger partial charge is 0.156 e. The van der Waals surface area contributed by atoms with Gasteiger partial charge < -0.3 is 5.32 Å². The first-order valence-corrected chi connectivity index (χ1v) is 6.73. The van der Waals surface area contributed by atoms with Crippen LogP contribution in [0, 0.1) is 0 Å². The van der Waals surface area contributed by atoms with Crippen LogP contribution in [-0.4, -0.2) is 23.4 Å². The van der Waals surface area contributed by atoms with Crippen LogP contribution in [0.4, 0.5) is 0 Å². The van der Waals surface area contributed by atoms with Crippen molar-refractivity contribution in [2.75, 3.05) is 6.54 Å². The second-order valence-corrected chi connectivity index (χ2v) is 5.71. The van der Waals surface area contributed by atoms with Crippen molar-refractivity contribution in [1.82, 2.24) is 10.3 Å². The summed E-state index contributed by atoms with van der Waals surface area (Å²) in [5.41, 5.74) is 0.881. The fourth-order valence-electron chi connectivity index (χ4n) is 1.86. The molecule has 0 spiro atoms. The molecule has 1 atom stereocenters. The first-order chi connectivity index (χ1) is 8.22. The molecule has 3 rings (SSSR count). The summed E-state index contributed by atoms with van der Waals surface area (Å²) in [4.78, 5) is 16.3. The Labute approximate surface area is 108 Å². The van der Waals surface area contributed by atoms with Crippen molar-refractivity contribution in [3.05, 3.63) is 28.2 Å². The molecular formula is C12H11ClN2OS. The van der Waals surface area contributed by atoms with E-state index < -0.39 is 0 Å². The number of hydrogen-bond acceptors (Lipinski definition) is 4. The Morgan fingerprint density at radius 2 is 2.41 bits per heavy atom. The van der Waals surface area contributed by atoms with Crippen molar-refractivity contribution >= 4 is 38.9 Å². The Kier molecular flexibility index (Phi) is 2.86. The molecular weight excluding hydrogens is 256 g/mol. The normalized spacial score (nSPS) is 19.2. The Balaban J connectivity index is 1.83. The van der Waals surface area contributed by atoms with E-state index >= 15 is 0 Å². The molecule has 1 aromatic carbocycles. The average Bonchev–Trinajstić information content (AvgIpc) is 2.55. The highest BCUT2D eigenvalue weighted by Gasteiger charge is 2.25. The van der Waals surface area contributed by atoms with Crippen LogP contribution >= 0.6 is 22.9 Å². The van der Waals surface area contributed by atoms with Crippen LogP contribution in [0.2, 0.25) is 5.02 Å². The molecule has 2 heterocycles. The van der Waals surface area contributed by atoms with Crippen LogP contribution in [0.3, 0.4) is 0 Å². The van der Waals surface area contributed by atoms with E-state index in [4.69, 9.17) is 11.6 Å². The Morgan fingerprint density at radius 1 is 1.59 bits per heavy atom. The van der Waals surface area contributed by atoms with Crippen molar-refractivity contribution in [2.24, 2.45) is 0 Å². The number of nitrogens with zero attached hydrogens (tertiary/aromatic N) is 1. The molecule has 0 amide bonds. The fourth-order valence-corrected chi connectivity index (χ4v) is 2.98. The van der Waals surface area contributed by atoms with Gasteiger partial charge in [0.1, 0.15) is 5.01 Å². The summed E-state index contributed by atoms with van der Waals surface area (Å²) in [6.45, 7) is 0.950. The van der Waals surface area contributed by atoms with Gasteiger partial charge in [-0.3, -0.25) is 4.79 Å². The summed E-state index contributed by atoms with van der Waals surface area (Å²) in [5, 5.41) is 4.67. The summed E-state index contributed by atoms with van der Waals surface area (Å²) in [6, 6.07) is 5.68. The maximum Gasteiger partial charge on any atom is 0.156 e. The van der Waals surface area contributed by atoms with E-state index in [0.717, 1.165) is 28.2 Å². The molecule has 1 aliphatic rings. The fraction of sp³-hybridized carbons (Fsp3) is 0.333. The van der Waals surface area contributed by atoms with Gasteiger partial charge >= 0.3 is 0 Å². The second kappa shape index (κ2) is 4.37. The van der Waals surface area contributed by atoms with Crippen LogP contribution in [0.1, 0.15) is 11.4 Å². The van der Waals surface area contributed by atoms with Gasteiger partial charge in [0.05, 0.1) is 22.7 Å². The molecule has 17 heavy (non-hydrogen) atoms. The summed E-state index contributed by atoms with van der Waals surface area (Å²) >= 11 is 7.47. The van der Waals surface area contributed by atoms with Crippen LogP contribution in [0.15, 0.2) is 18.2 Å². The third-order valence-corrected chi connectivity index (χ3v) is 4.20. The van der Waals surface area contributed by atoms with Gasteiger partial charge in [0.25, 0.3) is 0 Å². The van der Waals surface area contributed by atoms with Crippen LogP contribution in [0.25, 0.3) is 10.2 Å². The highest BCUT2D eigenvalue weighted by molar-refractivity contribution is 7.18. The SMILES string of the molecule is O=C(Cc1nc2cc(Cl)ccc2s1)[C@@H]1CCN1. The van der Waals surface area contributed by atoms with E-state index in [2.05, 4.69) is 10.3 Å². The highest BCUT2D eigenvalue weighted by Crippen LogP contribution is 2.25. The first-order valence-electron chi connectivity index (χ1n) is 5.53. The predicted molar refractivity (Wildman–Crippen MR) is 69.7 cm³/mol. The number of ketones is 1. The van der Waals surface area contributed by atoms with Gasteiger partial charge in [-0.1, -0.05) is 11.6 Å². The van der Waals surface area contributed by atoms with Crippen molar-refractivity contribution in [3.8, 4) is 0 Å². The van der Waals surface area contributed by atoms with E-state index in [0.29, 0.717) is 11.4 Å². The van der Waals surface area contributed by atoms with Gasteiger partial charge in [-0.05, 0) is 31.2 Å². The number of fused-ring (bicyclic) bond motifs is 1. The average molecular weight is 267 g/mol. The van der Waals surface area contributed by atoms with Crippen LogP contribution in [0.5, 0.6) is 0 Å². The van der Waals surface area contributed by atoms with E-state index in [9.17, 15) is 4.79 Å². The third-order valence-electron chi connectivity index (χ3n) is 2.93. The molecule has 88 valence electrons. The van der Waals surface area contributed by atoms with E-state index in [-0.39, 0.29) is 11.8 Å². The van der Waals surface area contributed by atoms with Gasteiger partial charge in [0.2, 0.25) is 0 Å². The Hall–Kier alpha value is -0.970. The summed E-state index contributed by atoms with van der Waals surface area (Å²) < 4.78 is 1.08. The topological polar surface area (TPSA) is 42.0 Å². The molecule has 0 bridgehead atoms. The zero-order valence-electron chi connectivity index (χ0n) is 9.07. The number of benzene rings is 1. The van der Waals surface area contributed by atoms with Crippen molar-refractivity contribution < 1.29 is 4.79 Å². The van der Waals surface area contributed by atoms with Crippen LogP contribution in [-0.2, 0) is 11.2 Å². The molecule has 1 aromatic heterocycles. The molecule has 0 radical (unpaired) electrons. The highest BCUT2D eigenvalue weighted by atomic mass is 35.5. The molecule has 1 saturated heterocycles. The largest absolute Gasteiger partial charge is 0.307 e. The minimum atomic E-state index is 0.0469. The lowest BCUT2D eigenvalue weighted by Crippen LogP contribution is -2.49. The first kappa shape index (κ1) is 11.1. The number of carbonyl (C=O) groups excluding carboxylic acids is 1. The molecule has 0 saturated carbocycles. The predicted octanol–water partition coefficient (Wildman–Crippen LogP) is 2.42. The lowest BCUT2D eigenvalue weighted by atomic mass is 10.0. The molecule has 1 N–H and O–H groups in total. The second-order valence-electron chi connectivity index (χ2n) is 4.16. The standard InChI is InChI=1S/C12H11ClN2OS/c13-7-1-2-11-9(5-7)15-12(17-11)6-10(16)8-3-4-14-8/h1-2,5,8,14H,3-4,6H2/t8-/m0/s1. The molecule has 5 heteroatoms. The summed E-state index contributed by atoms with van der Waals surface area (Å²) in [6.07, 6.45) is 1.38. The lowest BCUT2D eigenvalue weighted by Gasteiger charge is -2.25. The van der Waals surface area contributed by atoms with Gasteiger partial charge in [0, 0.05) is 5.02 Å². The van der Waals surface area contributed by atoms with E-state index in [1.165, 1.54) is 0 Å². The number of rotatable bonds is 3. The van der Waals surface area contributed by atoms with Gasteiger partial charge in [-0.2, -0.15) is 0 Å². The molecule has 0 aliphatic carbocycles. The summed E-state index contributed by atoms with van der Waals surface area (Å²) in [7, 11) is 0. The minimum absolute atomic E-state index is 0.0469. The maximum absolute atomic E-state index is 11.8. The van der Waals surface area contributed by atoms with Crippen LogP contribution < -0.4 is 5.32 Å². The molecule has 1 fully saturated rings. The number of hydrogen-bond donors (Lipinski definition) is 1. The summed E-state index contributed by atoms with van der Waals surface area (Å²) in [5.74, 6) is 0.237. The van der Waals surface area contributed by atoms with E-state index in [1.54, 1.807) is 11.3 Å². The number of Topliss-reactive ketones (excluding diaryl/α,β-unsaturated/α-hetero) is 1. The zero-order chi connectivity index (χ0) is 11.8. The third kappa shape index (κ3) is 2.20. The Morgan fingerprint density at radius 3 is 3.12 bits per heavy atom. The number of thiazole rings is 1. The monoisotopic (exact) mass is 266 g/mol. The zero-order valence-corrected chi connectivity index (χ0v) is 10.6. The van der Waals surface area contributed by atoms with Gasteiger partial charge in [-0.25, -0.2) is 4.98 Å². The maximum atomic E-state index is 11.8. The van der Waals surface area contributed by atoms with Gasteiger partial charge in [-0.15, -0.1) is 11.3 Å². The number of aromatic nitrogens is 1. The number of nitrogens with one attached hydrogen (secondary N) is 1. The van der Waals surface area contributed by atoms with Crippen molar-refractivity contribution in [2.45, 2.75) is 18.9 Å². The minimum Gasteiger partial charge on any atom is -0.307 e. The number of carbonyl (C=O) groups is 1. The van der Waals surface area contributed by atoms with Crippen molar-refractivity contribution in [1.29, 1.82) is 0 Å². The Bertz CT molecular complexity index is 577. The van der Waals surface area contributed by atoms with Gasteiger partial charge in [0.15, 0.2) is 5.78 Å². The molecule has 2 aromatic rings. The molecule has 1 aliphatic heterocycles. The molecule has 3 nitrogen and oxygen atoms in total.